The highest BCUT2D eigenvalue weighted by Gasteiger charge is 2.21. The predicted octanol–water partition coefficient (Wildman–Crippen LogP) is 1.10. The maximum atomic E-state index is 8.76. The van der Waals surface area contributed by atoms with Gasteiger partial charge in [-0.3, -0.25) is 4.90 Å². The molecule has 1 aliphatic heterocycles. The number of nitrogens with zero attached hydrogens (tertiary/aromatic N) is 1. The second-order valence-corrected chi connectivity index (χ2v) is 3.74. The van der Waals surface area contributed by atoms with Gasteiger partial charge in [-0.1, -0.05) is 6.92 Å². The van der Waals surface area contributed by atoms with Crippen LogP contribution < -0.4 is 0 Å². The van der Waals surface area contributed by atoms with Crippen LogP contribution in [0.4, 0.5) is 0 Å². The molecule has 0 aliphatic carbocycles. The van der Waals surface area contributed by atoms with Crippen molar-refractivity contribution in [3.63, 3.8) is 0 Å². The van der Waals surface area contributed by atoms with Gasteiger partial charge in [-0.15, -0.1) is 0 Å². The molecule has 1 N–H and O–H groups in total. The van der Waals surface area contributed by atoms with Gasteiger partial charge in [0.2, 0.25) is 0 Å². The Hall–Kier alpha value is -0.0800. The summed E-state index contributed by atoms with van der Waals surface area (Å²) in [4.78, 5) is 2.38. The van der Waals surface area contributed by atoms with Gasteiger partial charge in [-0.2, -0.15) is 0 Å². The van der Waals surface area contributed by atoms with Gasteiger partial charge in [0.05, 0.1) is 6.61 Å². The van der Waals surface area contributed by atoms with E-state index in [0.717, 1.165) is 12.5 Å². The van der Waals surface area contributed by atoms with E-state index >= 15 is 0 Å². The summed E-state index contributed by atoms with van der Waals surface area (Å²) < 4.78 is 0. The van der Waals surface area contributed by atoms with E-state index in [1.807, 2.05) is 0 Å². The lowest BCUT2D eigenvalue weighted by molar-refractivity contribution is 0.104. The van der Waals surface area contributed by atoms with E-state index in [9.17, 15) is 0 Å². The predicted molar refractivity (Wildman–Crippen MR) is 46.5 cm³/mol. The number of aliphatic hydroxyl groups is 1. The Balaban J connectivity index is 2.31. The molecular formula is C9H19NO. The maximum Gasteiger partial charge on any atom is 0.0558 e. The number of hydrogen-bond acceptors (Lipinski definition) is 2. The molecule has 0 radical (unpaired) electrons. The molecule has 0 saturated carbocycles. The fraction of sp³-hybridized carbons (Fsp3) is 1.00. The third-order valence-electron chi connectivity index (χ3n) is 2.66. The highest BCUT2D eigenvalue weighted by Crippen LogP contribution is 2.21. The van der Waals surface area contributed by atoms with Gasteiger partial charge in [-0.05, 0) is 32.2 Å². The highest BCUT2D eigenvalue weighted by atomic mass is 16.3. The highest BCUT2D eigenvalue weighted by molar-refractivity contribution is 4.76. The van der Waals surface area contributed by atoms with E-state index in [2.05, 4.69) is 18.7 Å². The Labute approximate surface area is 69.2 Å². The molecule has 2 atom stereocenters. The Bertz CT molecular complexity index is 116. The van der Waals surface area contributed by atoms with Crippen LogP contribution >= 0.6 is 0 Å². The lowest BCUT2D eigenvalue weighted by Gasteiger charge is -2.35. The molecule has 0 aromatic rings. The van der Waals surface area contributed by atoms with Crippen molar-refractivity contribution in [3.05, 3.63) is 0 Å². The van der Waals surface area contributed by atoms with Crippen molar-refractivity contribution in [1.82, 2.24) is 4.90 Å². The fourth-order valence-corrected chi connectivity index (χ4v) is 1.92. The molecule has 1 rings (SSSR count). The zero-order chi connectivity index (χ0) is 8.27. The van der Waals surface area contributed by atoms with Gasteiger partial charge < -0.3 is 5.11 Å². The molecule has 0 aromatic heterocycles. The monoisotopic (exact) mass is 157 g/mol. The van der Waals surface area contributed by atoms with Crippen LogP contribution in [0.3, 0.4) is 0 Å². The summed E-state index contributed by atoms with van der Waals surface area (Å²) in [6, 6.07) is 0.672. The van der Waals surface area contributed by atoms with Crippen LogP contribution in [-0.2, 0) is 0 Å². The van der Waals surface area contributed by atoms with Gasteiger partial charge in [0, 0.05) is 12.6 Å². The molecule has 1 saturated heterocycles. The Kier molecular flexibility index (Phi) is 3.34. The van der Waals surface area contributed by atoms with E-state index in [1.165, 1.54) is 19.4 Å². The number of piperidine rings is 1. The SMILES string of the molecule is CC1CCN(CCO)C(C)C1. The molecule has 1 heterocycles. The lowest BCUT2D eigenvalue weighted by atomic mass is 9.93. The van der Waals surface area contributed by atoms with Gasteiger partial charge in [0.15, 0.2) is 0 Å². The van der Waals surface area contributed by atoms with Gasteiger partial charge in [0.25, 0.3) is 0 Å². The molecule has 0 spiro atoms. The van der Waals surface area contributed by atoms with E-state index < -0.39 is 0 Å². The van der Waals surface area contributed by atoms with E-state index in [4.69, 9.17) is 5.11 Å². The van der Waals surface area contributed by atoms with Crippen molar-refractivity contribution in [2.75, 3.05) is 19.7 Å². The molecule has 1 aliphatic rings. The Morgan fingerprint density at radius 2 is 2.18 bits per heavy atom. The first-order valence-corrected chi connectivity index (χ1v) is 4.59. The first-order chi connectivity index (χ1) is 5.24. The van der Waals surface area contributed by atoms with Crippen molar-refractivity contribution >= 4 is 0 Å². The molecule has 2 unspecified atom stereocenters. The van der Waals surface area contributed by atoms with Crippen LogP contribution in [-0.4, -0.2) is 35.7 Å². The summed E-state index contributed by atoms with van der Waals surface area (Å²) in [6.07, 6.45) is 2.59. The van der Waals surface area contributed by atoms with E-state index in [0.29, 0.717) is 12.6 Å². The third-order valence-corrected chi connectivity index (χ3v) is 2.66. The average molecular weight is 157 g/mol. The van der Waals surface area contributed by atoms with Gasteiger partial charge >= 0.3 is 0 Å². The summed E-state index contributed by atoms with van der Waals surface area (Å²) in [6.45, 7) is 6.90. The quantitative estimate of drug-likeness (QED) is 0.649. The van der Waals surface area contributed by atoms with Crippen molar-refractivity contribution in [1.29, 1.82) is 0 Å². The molecule has 1 fully saturated rings. The minimum absolute atomic E-state index is 0.304. The van der Waals surface area contributed by atoms with E-state index in [1.54, 1.807) is 0 Å². The second kappa shape index (κ2) is 4.07. The Morgan fingerprint density at radius 1 is 1.45 bits per heavy atom. The van der Waals surface area contributed by atoms with Crippen molar-refractivity contribution in [3.8, 4) is 0 Å². The maximum absolute atomic E-state index is 8.76. The van der Waals surface area contributed by atoms with E-state index in [-0.39, 0.29) is 0 Å². The fourth-order valence-electron chi connectivity index (χ4n) is 1.92. The minimum atomic E-state index is 0.304. The summed E-state index contributed by atoms with van der Waals surface area (Å²) in [5.74, 6) is 0.875. The van der Waals surface area contributed by atoms with Crippen LogP contribution in [0, 0.1) is 5.92 Å². The largest absolute Gasteiger partial charge is 0.395 e. The van der Waals surface area contributed by atoms with Crippen LogP contribution in [0.15, 0.2) is 0 Å². The molecule has 66 valence electrons. The van der Waals surface area contributed by atoms with Crippen LogP contribution in [0.1, 0.15) is 26.7 Å². The standard InChI is InChI=1S/C9H19NO/c1-8-3-4-10(5-6-11)9(2)7-8/h8-9,11H,3-7H2,1-2H3. The van der Waals surface area contributed by atoms with Crippen molar-refractivity contribution < 1.29 is 5.11 Å². The molecule has 0 aromatic carbocycles. The molecule has 2 nitrogen and oxygen atoms in total. The second-order valence-electron chi connectivity index (χ2n) is 3.74. The summed E-state index contributed by atoms with van der Waals surface area (Å²) in [5, 5.41) is 8.76. The van der Waals surface area contributed by atoms with Crippen LogP contribution in [0.2, 0.25) is 0 Å². The van der Waals surface area contributed by atoms with Gasteiger partial charge in [-0.25, -0.2) is 0 Å². The molecule has 0 amide bonds. The summed E-state index contributed by atoms with van der Waals surface area (Å²) >= 11 is 0. The number of hydrogen-bond donors (Lipinski definition) is 1. The first kappa shape index (κ1) is 9.01. The number of aliphatic hydroxyl groups excluding tert-OH is 1. The third kappa shape index (κ3) is 2.46. The molecule has 0 bridgehead atoms. The van der Waals surface area contributed by atoms with Crippen LogP contribution in [0.5, 0.6) is 0 Å². The first-order valence-electron chi connectivity index (χ1n) is 4.59. The lowest BCUT2D eigenvalue weighted by Crippen LogP contribution is -2.41. The summed E-state index contributed by atoms with van der Waals surface area (Å²) in [5.41, 5.74) is 0. The van der Waals surface area contributed by atoms with Gasteiger partial charge in [0.1, 0.15) is 0 Å². The summed E-state index contributed by atoms with van der Waals surface area (Å²) in [7, 11) is 0. The zero-order valence-corrected chi connectivity index (χ0v) is 7.58. The van der Waals surface area contributed by atoms with Crippen LogP contribution in [0.25, 0.3) is 0 Å². The number of rotatable bonds is 2. The smallest absolute Gasteiger partial charge is 0.0558 e. The average Bonchev–Trinajstić information content (AvgIpc) is 1.95. The van der Waals surface area contributed by atoms with Crippen molar-refractivity contribution in [2.45, 2.75) is 32.7 Å². The molecule has 11 heavy (non-hydrogen) atoms. The van der Waals surface area contributed by atoms with Crippen molar-refractivity contribution in [2.24, 2.45) is 5.92 Å². The topological polar surface area (TPSA) is 23.5 Å². The normalized spacial score (nSPS) is 34.1. The number of likely N-dealkylation sites (tertiary alicyclic amines) is 1. The zero-order valence-electron chi connectivity index (χ0n) is 7.58. The molecular weight excluding hydrogens is 138 g/mol. The molecule has 2 heteroatoms. The minimum Gasteiger partial charge on any atom is -0.395 e. The number of β-amino-alcohol motifs (C(OH)–C–C–N with tert-alkyl or cyclic N) is 1. The Morgan fingerprint density at radius 3 is 2.73 bits per heavy atom.